The molecule has 0 radical (unpaired) electrons. The Labute approximate surface area is 130 Å². The highest BCUT2D eigenvalue weighted by atomic mass is 79.9. The molecule has 0 atom stereocenters. The van der Waals surface area contributed by atoms with Gasteiger partial charge in [0.1, 0.15) is 0 Å². The van der Waals surface area contributed by atoms with Crippen molar-refractivity contribution < 1.29 is 4.79 Å². The quantitative estimate of drug-likeness (QED) is 0.702. The molecule has 0 amide bonds. The molecule has 0 aromatic heterocycles. The molecule has 0 spiro atoms. The van der Waals surface area contributed by atoms with Crippen molar-refractivity contribution in [2.24, 2.45) is 0 Å². The fraction of sp³-hybridized carbons (Fsp3) is 0.588. The van der Waals surface area contributed by atoms with E-state index in [-0.39, 0.29) is 5.78 Å². The highest BCUT2D eigenvalue weighted by molar-refractivity contribution is 9.10. The lowest BCUT2D eigenvalue weighted by atomic mass is 9.94. The molecular weight excluding hydrogens is 314 g/mol. The van der Waals surface area contributed by atoms with E-state index >= 15 is 0 Å². The molecule has 3 heteroatoms. The van der Waals surface area contributed by atoms with E-state index in [9.17, 15) is 4.79 Å². The Hall–Kier alpha value is -0.670. The molecule has 1 aliphatic carbocycles. The molecule has 2 rings (SSSR count). The van der Waals surface area contributed by atoms with Crippen LogP contribution in [-0.4, -0.2) is 30.3 Å². The molecule has 1 fully saturated rings. The Morgan fingerprint density at radius 2 is 1.85 bits per heavy atom. The lowest BCUT2D eigenvalue weighted by Gasteiger charge is -2.31. The number of benzene rings is 1. The van der Waals surface area contributed by atoms with Gasteiger partial charge in [-0.25, -0.2) is 0 Å². The van der Waals surface area contributed by atoms with Crippen LogP contribution in [-0.2, 0) is 0 Å². The Morgan fingerprint density at radius 3 is 2.50 bits per heavy atom. The first-order valence-corrected chi connectivity index (χ1v) is 8.45. The normalized spacial score (nSPS) is 16.6. The maximum atomic E-state index is 12.1. The Bertz CT molecular complexity index is 423. The summed E-state index contributed by atoms with van der Waals surface area (Å²) in [5.41, 5.74) is 0.827. The number of carbonyl (C=O) groups excluding carboxylic acids is 1. The minimum absolute atomic E-state index is 0.259. The zero-order valence-corrected chi connectivity index (χ0v) is 13.9. The molecule has 1 aliphatic rings. The SMILES string of the molecule is CN(CCCC(=O)c1ccc(Br)cc1)C1CCCCC1. The van der Waals surface area contributed by atoms with E-state index in [0.717, 1.165) is 29.0 Å². The van der Waals surface area contributed by atoms with Crippen LogP contribution >= 0.6 is 15.9 Å². The first-order valence-electron chi connectivity index (χ1n) is 7.66. The Balaban J connectivity index is 1.72. The number of rotatable bonds is 6. The van der Waals surface area contributed by atoms with Gasteiger partial charge in [-0.2, -0.15) is 0 Å². The van der Waals surface area contributed by atoms with E-state index in [1.807, 2.05) is 24.3 Å². The van der Waals surface area contributed by atoms with E-state index in [4.69, 9.17) is 0 Å². The molecule has 0 N–H and O–H groups in total. The lowest BCUT2D eigenvalue weighted by molar-refractivity contribution is 0.0971. The smallest absolute Gasteiger partial charge is 0.162 e. The standard InChI is InChI=1S/C17H24BrNO/c1-19(16-6-3-2-4-7-16)13-5-8-17(20)14-9-11-15(18)12-10-14/h9-12,16H,2-8,13H2,1H3. The predicted molar refractivity (Wildman–Crippen MR) is 87.2 cm³/mol. The highest BCUT2D eigenvalue weighted by Crippen LogP contribution is 2.22. The molecule has 0 aliphatic heterocycles. The van der Waals surface area contributed by atoms with Gasteiger partial charge in [-0.1, -0.05) is 47.3 Å². The summed E-state index contributed by atoms with van der Waals surface area (Å²) in [4.78, 5) is 14.5. The van der Waals surface area contributed by atoms with Crippen LogP contribution in [0, 0.1) is 0 Å². The summed E-state index contributed by atoms with van der Waals surface area (Å²) in [6, 6.07) is 8.41. The summed E-state index contributed by atoms with van der Waals surface area (Å²) < 4.78 is 1.02. The summed E-state index contributed by atoms with van der Waals surface area (Å²) in [7, 11) is 2.21. The molecular formula is C17H24BrNO. The lowest BCUT2D eigenvalue weighted by Crippen LogP contribution is -2.34. The van der Waals surface area contributed by atoms with Crippen molar-refractivity contribution in [3.63, 3.8) is 0 Å². The van der Waals surface area contributed by atoms with E-state index < -0.39 is 0 Å². The number of hydrogen-bond acceptors (Lipinski definition) is 2. The minimum Gasteiger partial charge on any atom is -0.303 e. The second-order valence-corrected chi connectivity index (χ2v) is 6.72. The Morgan fingerprint density at radius 1 is 1.20 bits per heavy atom. The van der Waals surface area contributed by atoms with Gasteiger partial charge in [0.25, 0.3) is 0 Å². The zero-order chi connectivity index (χ0) is 14.4. The predicted octanol–water partition coefficient (Wildman–Crippen LogP) is 4.68. The number of hydrogen-bond donors (Lipinski definition) is 0. The number of halogens is 1. The van der Waals surface area contributed by atoms with Crippen molar-refractivity contribution in [3.05, 3.63) is 34.3 Å². The van der Waals surface area contributed by atoms with Gasteiger partial charge >= 0.3 is 0 Å². The monoisotopic (exact) mass is 337 g/mol. The summed E-state index contributed by atoms with van der Waals surface area (Å²) in [5.74, 6) is 0.259. The zero-order valence-electron chi connectivity index (χ0n) is 12.3. The molecule has 0 unspecified atom stereocenters. The van der Waals surface area contributed by atoms with Crippen LogP contribution in [0.25, 0.3) is 0 Å². The van der Waals surface area contributed by atoms with E-state index in [2.05, 4.69) is 27.9 Å². The van der Waals surface area contributed by atoms with Crippen molar-refractivity contribution in [2.75, 3.05) is 13.6 Å². The van der Waals surface area contributed by atoms with Gasteiger partial charge in [0.15, 0.2) is 5.78 Å². The number of carbonyl (C=O) groups is 1. The van der Waals surface area contributed by atoms with Crippen molar-refractivity contribution >= 4 is 21.7 Å². The average molecular weight is 338 g/mol. The van der Waals surface area contributed by atoms with Gasteiger partial charge in [-0.15, -0.1) is 0 Å². The van der Waals surface area contributed by atoms with Gasteiger partial charge in [0, 0.05) is 22.5 Å². The topological polar surface area (TPSA) is 20.3 Å². The number of nitrogens with zero attached hydrogens (tertiary/aromatic N) is 1. The van der Waals surface area contributed by atoms with Crippen molar-refractivity contribution in [1.82, 2.24) is 4.90 Å². The van der Waals surface area contributed by atoms with Crippen LogP contribution in [0.4, 0.5) is 0 Å². The molecule has 1 saturated carbocycles. The molecule has 1 aromatic carbocycles. The fourth-order valence-electron chi connectivity index (χ4n) is 2.97. The van der Waals surface area contributed by atoms with Gasteiger partial charge in [0.05, 0.1) is 0 Å². The van der Waals surface area contributed by atoms with Crippen LogP contribution in [0.1, 0.15) is 55.3 Å². The number of ketones is 1. The minimum atomic E-state index is 0.259. The molecule has 0 bridgehead atoms. The largest absolute Gasteiger partial charge is 0.303 e. The molecule has 1 aromatic rings. The summed E-state index contributed by atoms with van der Waals surface area (Å²) in [5, 5.41) is 0. The second-order valence-electron chi connectivity index (χ2n) is 5.81. The third-order valence-electron chi connectivity index (χ3n) is 4.28. The summed E-state index contributed by atoms with van der Waals surface area (Å²) in [6.45, 7) is 1.03. The Kier molecular flexibility index (Phi) is 6.24. The number of Topliss-reactive ketones (excluding diaryl/α,β-unsaturated/α-hetero) is 1. The molecule has 20 heavy (non-hydrogen) atoms. The first kappa shape index (κ1) is 15.7. The van der Waals surface area contributed by atoms with Crippen molar-refractivity contribution in [1.29, 1.82) is 0 Å². The highest BCUT2D eigenvalue weighted by Gasteiger charge is 2.17. The van der Waals surface area contributed by atoms with Crippen LogP contribution in [0.2, 0.25) is 0 Å². The summed E-state index contributed by atoms with van der Waals surface area (Å²) in [6.07, 6.45) is 8.40. The van der Waals surface area contributed by atoms with E-state index in [1.165, 1.54) is 32.1 Å². The van der Waals surface area contributed by atoms with Crippen LogP contribution in [0.5, 0.6) is 0 Å². The van der Waals surface area contributed by atoms with Gasteiger partial charge < -0.3 is 4.90 Å². The molecule has 0 heterocycles. The molecule has 110 valence electrons. The second kappa shape index (κ2) is 7.94. The van der Waals surface area contributed by atoms with Gasteiger partial charge in [-0.3, -0.25) is 4.79 Å². The molecule has 0 saturated heterocycles. The van der Waals surface area contributed by atoms with Gasteiger partial charge in [-0.05, 0) is 45.0 Å². The van der Waals surface area contributed by atoms with Crippen molar-refractivity contribution in [2.45, 2.75) is 51.0 Å². The van der Waals surface area contributed by atoms with Crippen LogP contribution in [0.3, 0.4) is 0 Å². The third kappa shape index (κ3) is 4.71. The third-order valence-corrected chi connectivity index (χ3v) is 4.81. The van der Waals surface area contributed by atoms with E-state index in [0.29, 0.717) is 6.42 Å². The van der Waals surface area contributed by atoms with Gasteiger partial charge in [0.2, 0.25) is 0 Å². The van der Waals surface area contributed by atoms with Crippen LogP contribution < -0.4 is 0 Å². The fourth-order valence-corrected chi connectivity index (χ4v) is 3.24. The van der Waals surface area contributed by atoms with Crippen molar-refractivity contribution in [3.8, 4) is 0 Å². The maximum absolute atomic E-state index is 12.1. The van der Waals surface area contributed by atoms with E-state index in [1.54, 1.807) is 0 Å². The maximum Gasteiger partial charge on any atom is 0.162 e. The first-order chi connectivity index (χ1) is 9.66. The summed E-state index contributed by atoms with van der Waals surface area (Å²) >= 11 is 3.39. The molecule has 2 nitrogen and oxygen atoms in total. The van der Waals surface area contributed by atoms with Crippen LogP contribution in [0.15, 0.2) is 28.7 Å². The average Bonchev–Trinajstić information content (AvgIpc) is 2.48.